The normalized spacial score (nSPS) is 10.9. The molecule has 0 radical (unpaired) electrons. The second-order valence-electron chi connectivity index (χ2n) is 5.06. The fraction of sp³-hybridized carbons (Fsp3) is 0.235. The number of carbonyl (C=O) groups is 1. The summed E-state index contributed by atoms with van der Waals surface area (Å²) in [5.41, 5.74) is 0.155. The van der Waals surface area contributed by atoms with Crippen molar-refractivity contribution in [3.63, 3.8) is 0 Å². The van der Waals surface area contributed by atoms with Crippen LogP contribution in [0.5, 0.6) is 11.5 Å². The molecule has 0 bridgehead atoms. The van der Waals surface area contributed by atoms with Gasteiger partial charge in [-0.2, -0.15) is 0 Å². The van der Waals surface area contributed by atoms with E-state index in [0.29, 0.717) is 5.75 Å². The Bertz CT molecular complexity index is 588. The van der Waals surface area contributed by atoms with Crippen LogP contribution in [0.15, 0.2) is 54.6 Å². The maximum Gasteiger partial charge on any atom is 0.315 e. The number of methoxy groups -OCH3 is 1. The Hall–Kier alpha value is -2.29. The summed E-state index contributed by atoms with van der Waals surface area (Å²) in [5.74, 6) is 1.19. The minimum absolute atomic E-state index is 0.269. The van der Waals surface area contributed by atoms with Gasteiger partial charge in [0.25, 0.3) is 0 Å². The van der Waals surface area contributed by atoms with Crippen LogP contribution >= 0.6 is 0 Å². The van der Waals surface area contributed by atoms with E-state index in [4.69, 9.17) is 9.47 Å². The summed E-state index contributed by atoms with van der Waals surface area (Å²) in [5, 5.41) is 0. The third kappa shape index (κ3) is 2.99. The molecule has 0 aromatic heterocycles. The second-order valence-corrected chi connectivity index (χ2v) is 5.06. The zero-order valence-electron chi connectivity index (χ0n) is 11.9. The van der Waals surface area contributed by atoms with Gasteiger partial charge < -0.3 is 9.47 Å². The molecule has 0 N–H and O–H groups in total. The predicted molar refractivity (Wildman–Crippen MR) is 78.0 cm³/mol. The number of para-hydroxylation sites is 1. The molecule has 104 valence electrons. The van der Waals surface area contributed by atoms with Crippen molar-refractivity contribution in [3.8, 4) is 11.5 Å². The molecular formula is C17H18O3. The first-order chi connectivity index (χ1) is 9.54. The van der Waals surface area contributed by atoms with Crippen molar-refractivity contribution < 1.29 is 14.3 Å². The Kier molecular flexibility index (Phi) is 4.08. The molecule has 2 aromatic carbocycles. The van der Waals surface area contributed by atoms with Crippen LogP contribution in [0.2, 0.25) is 0 Å². The highest BCUT2D eigenvalue weighted by molar-refractivity contribution is 5.82. The van der Waals surface area contributed by atoms with Crippen LogP contribution in [-0.4, -0.2) is 13.1 Å². The van der Waals surface area contributed by atoms with Gasteiger partial charge in [0.05, 0.1) is 12.5 Å². The highest BCUT2D eigenvalue weighted by atomic mass is 16.5. The molecule has 0 aliphatic heterocycles. The molecule has 0 unspecified atom stereocenters. The molecule has 3 nitrogen and oxygen atoms in total. The molecule has 0 fully saturated rings. The van der Waals surface area contributed by atoms with Crippen molar-refractivity contribution in [2.75, 3.05) is 7.11 Å². The van der Waals surface area contributed by atoms with Crippen molar-refractivity contribution in [2.45, 2.75) is 19.3 Å². The molecule has 0 atom stereocenters. The van der Waals surface area contributed by atoms with Gasteiger partial charge in [-0.25, -0.2) is 0 Å². The summed E-state index contributed by atoms with van der Waals surface area (Å²) in [6.07, 6.45) is 0. The number of esters is 1. The van der Waals surface area contributed by atoms with Gasteiger partial charge in [-0.3, -0.25) is 4.79 Å². The number of carbonyl (C=O) groups excluding carboxylic acids is 1. The molecule has 0 amide bonds. The zero-order chi connectivity index (χ0) is 14.6. The standard InChI is InChI=1S/C17H18O3/c1-17(2,16(18)19-3)13-8-7-11-15(12-13)20-14-9-5-4-6-10-14/h4-12H,1-3H3. The Balaban J connectivity index is 2.26. The quantitative estimate of drug-likeness (QED) is 0.790. The lowest BCUT2D eigenvalue weighted by molar-refractivity contribution is -0.146. The highest BCUT2D eigenvalue weighted by Crippen LogP contribution is 2.29. The minimum Gasteiger partial charge on any atom is -0.468 e. The van der Waals surface area contributed by atoms with Crippen molar-refractivity contribution in [1.29, 1.82) is 0 Å². The monoisotopic (exact) mass is 270 g/mol. The van der Waals surface area contributed by atoms with Crippen LogP contribution < -0.4 is 4.74 Å². The summed E-state index contributed by atoms with van der Waals surface area (Å²) in [6, 6.07) is 17.0. The van der Waals surface area contributed by atoms with Gasteiger partial charge in [-0.1, -0.05) is 30.3 Å². The Morgan fingerprint density at radius 1 is 0.950 bits per heavy atom. The molecule has 3 heteroatoms. The van der Waals surface area contributed by atoms with E-state index in [1.54, 1.807) is 0 Å². The van der Waals surface area contributed by atoms with E-state index in [9.17, 15) is 4.79 Å². The van der Waals surface area contributed by atoms with Crippen molar-refractivity contribution in [2.24, 2.45) is 0 Å². The third-order valence-electron chi connectivity index (χ3n) is 3.23. The molecule has 0 aliphatic rings. The van der Waals surface area contributed by atoms with Crippen LogP contribution in [0.3, 0.4) is 0 Å². The Morgan fingerprint density at radius 2 is 1.60 bits per heavy atom. The van der Waals surface area contributed by atoms with Gasteiger partial charge in [-0.15, -0.1) is 0 Å². The molecule has 0 saturated heterocycles. The van der Waals surface area contributed by atoms with E-state index in [0.717, 1.165) is 11.3 Å². The minimum atomic E-state index is -0.704. The number of hydrogen-bond acceptors (Lipinski definition) is 3. The zero-order valence-corrected chi connectivity index (χ0v) is 11.9. The SMILES string of the molecule is COC(=O)C(C)(C)c1cccc(Oc2ccccc2)c1. The van der Waals surface area contributed by atoms with E-state index in [1.807, 2.05) is 68.4 Å². The Labute approximate surface area is 119 Å². The van der Waals surface area contributed by atoms with E-state index in [2.05, 4.69) is 0 Å². The molecular weight excluding hydrogens is 252 g/mol. The first-order valence-electron chi connectivity index (χ1n) is 6.46. The average Bonchev–Trinajstić information content (AvgIpc) is 2.47. The van der Waals surface area contributed by atoms with E-state index in [1.165, 1.54) is 7.11 Å². The van der Waals surface area contributed by atoms with Crippen molar-refractivity contribution in [1.82, 2.24) is 0 Å². The van der Waals surface area contributed by atoms with Gasteiger partial charge in [0.1, 0.15) is 11.5 Å². The number of hydrogen-bond donors (Lipinski definition) is 0. The fourth-order valence-corrected chi connectivity index (χ4v) is 1.95. The van der Waals surface area contributed by atoms with Crippen LogP contribution in [0.25, 0.3) is 0 Å². The van der Waals surface area contributed by atoms with Gasteiger partial charge in [0.15, 0.2) is 0 Å². The number of ether oxygens (including phenoxy) is 2. The van der Waals surface area contributed by atoms with Gasteiger partial charge in [0, 0.05) is 0 Å². The third-order valence-corrected chi connectivity index (χ3v) is 3.23. The maximum absolute atomic E-state index is 11.8. The molecule has 2 rings (SSSR count). The molecule has 2 aromatic rings. The Morgan fingerprint density at radius 3 is 2.25 bits per heavy atom. The summed E-state index contributed by atoms with van der Waals surface area (Å²) in [7, 11) is 1.40. The van der Waals surface area contributed by atoms with Crippen molar-refractivity contribution >= 4 is 5.97 Å². The lowest BCUT2D eigenvalue weighted by Crippen LogP contribution is -2.30. The second kappa shape index (κ2) is 5.78. The highest BCUT2D eigenvalue weighted by Gasteiger charge is 2.31. The lowest BCUT2D eigenvalue weighted by atomic mass is 9.85. The molecule has 20 heavy (non-hydrogen) atoms. The molecule has 0 saturated carbocycles. The van der Waals surface area contributed by atoms with E-state index < -0.39 is 5.41 Å². The number of rotatable bonds is 4. The first kappa shape index (κ1) is 14.1. The van der Waals surface area contributed by atoms with Crippen LogP contribution in [0, 0.1) is 0 Å². The van der Waals surface area contributed by atoms with Crippen molar-refractivity contribution in [3.05, 3.63) is 60.2 Å². The molecule has 0 spiro atoms. The van der Waals surface area contributed by atoms with Crippen LogP contribution in [-0.2, 0) is 14.9 Å². The summed E-state index contributed by atoms with van der Waals surface area (Å²) >= 11 is 0. The van der Waals surface area contributed by atoms with Gasteiger partial charge in [-0.05, 0) is 43.7 Å². The van der Waals surface area contributed by atoms with E-state index in [-0.39, 0.29) is 5.97 Å². The summed E-state index contributed by atoms with van der Waals surface area (Å²) in [4.78, 5) is 11.8. The van der Waals surface area contributed by atoms with E-state index >= 15 is 0 Å². The molecule has 0 aliphatic carbocycles. The summed E-state index contributed by atoms with van der Waals surface area (Å²) < 4.78 is 10.6. The maximum atomic E-state index is 11.8. The number of benzene rings is 2. The largest absolute Gasteiger partial charge is 0.468 e. The lowest BCUT2D eigenvalue weighted by Gasteiger charge is -2.22. The first-order valence-corrected chi connectivity index (χ1v) is 6.46. The van der Waals surface area contributed by atoms with Gasteiger partial charge >= 0.3 is 5.97 Å². The smallest absolute Gasteiger partial charge is 0.315 e. The van der Waals surface area contributed by atoms with Gasteiger partial charge in [0.2, 0.25) is 0 Å². The average molecular weight is 270 g/mol. The van der Waals surface area contributed by atoms with Crippen LogP contribution in [0.1, 0.15) is 19.4 Å². The predicted octanol–water partition coefficient (Wildman–Crippen LogP) is 3.93. The summed E-state index contributed by atoms with van der Waals surface area (Å²) in [6.45, 7) is 3.67. The topological polar surface area (TPSA) is 35.5 Å². The molecule has 0 heterocycles. The fourth-order valence-electron chi connectivity index (χ4n) is 1.95. The van der Waals surface area contributed by atoms with Crippen LogP contribution in [0.4, 0.5) is 0 Å².